The molecule has 0 saturated carbocycles. The number of aliphatic carboxylic acids is 2. The van der Waals surface area contributed by atoms with Gasteiger partial charge in [-0.1, -0.05) is 0 Å². The zero-order valence-corrected chi connectivity index (χ0v) is 12.1. The van der Waals surface area contributed by atoms with Gasteiger partial charge in [0.2, 0.25) is 5.91 Å². The van der Waals surface area contributed by atoms with Gasteiger partial charge in [0.1, 0.15) is 6.04 Å². The molecule has 9 heteroatoms. The minimum atomic E-state index is -1.33. The largest absolute Gasteiger partial charge is 0.481 e. The standard InChI is InChI=1S/C12H21N3O6/c1-3-15(4-2)9(16)7-13-12(21)14-8(11(19)20)5-6-10(17)18/h8H,3-7H2,1-2H3,(H,17,18)(H,19,20)(H2,13,14,21)/t8-/m0/s1. The third kappa shape index (κ3) is 7.75. The Bertz CT molecular complexity index is 394. The molecule has 0 aliphatic rings. The summed E-state index contributed by atoms with van der Waals surface area (Å²) in [5.41, 5.74) is 0. The van der Waals surface area contributed by atoms with E-state index in [0.29, 0.717) is 13.1 Å². The van der Waals surface area contributed by atoms with E-state index in [1.165, 1.54) is 4.90 Å². The lowest BCUT2D eigenvalue weighted by atomic mass is 10.1. The first-order valence-corrected chi connectivity index (χ1v) is 6.58. The zero-order chi connectivity index (χ0) is 16.4. The van der Waals surface area contributed by atoms with Gasteiger partial charge in [-0.25, -0.2) is 9.59 Å². The predicted molar refractivity (Wildman–Crippen MR) is 72.8 cm³/mol. The molecular formula is C12H21N3O6. The van der Waals surface area contributed by atoms with Crippen LogP contribution in [0.1, 0.15) is 26.7 Å². The second kappa shape index (κ2) is 9.56. The predicted octanol–water partition coefficient (Wildman–Crippen LogP) is -0.528. The monoisotopic (exact) mass is 303 g/mol. The fourth-order valence-electron chi connectivity index (χ4n) is 1.58. The van der Waals surface area contributed by atoms with E-state index in [9.17, 15) is 19.2 Å². The van der Waals surface area contributed by atoms with Crippen LogP contribution in [0.4, 0.5) is 4.79 Å². The second-order valence-electron chi connectivity index (χ2n) is 4.22. The van der Waals surface area contributed by atoms with Crippen LogP contribution in [0.15, 0.2) is 0 Å². The fraction of sp³-hybridized carbons (Fsp3) is 0.667. The molecule has 0 rings (SSSR count). The maximum Gasteiger partial charge on any atom is 0.326 e. The molecule has 1 atom stereocenters. The average Bonchev–Trinajstić information content (AvgIpc) is 2.41. The number of nitrogens with one attached hydrogen (secondary N) is 2. The molecule has 0 aromatic heterocycles. The normalized spacial score (nSPS) is 11.3. The van der Waals surface area contributed by atoms with Gasteiger partial charge in [-0.2, -0.15) is 0 Å². The van der Waals surface area contributed by atoms with Crippen LogP contribution >= 0.6 is 0 Å². The van der Waals surface area contributed by atoms with Gasteiger partial charge in [-0.3, -0.25) is 9.59 Å². The van der Waals surface area contributed by atoms with Gasteiger partial charge >= 0.3 is 18.0 Å². The van der Waals surface area contributed by atoms with E-state index in [-0.39, 0.29) is 25.3 Å². The lowest BCUT2D eigenvalue weighted by molar-refractivity contribution is -0.140. The fourth-order valence-corrected chi connectivity index (χ4v) is 1.58. The maximum absolute atomic E-state index is 11.6. The molecule has 0 heterocycles. The topological polar surface area (TPSA) is 136 Å². The summed E-state index contributed by atoms with van der Waals surface area (Å²) in [6, 6.07) is -2.14. The van der Waals surface area contributed by atoms with Crippen molar-refractivity contribution in [2.45, 2.75) is 32.7 Å². The van der Waals surface area contributed by atoms with Crippen molar-refractivity contribution in [3.63, 3.8) is 0 Å². The molecule has 0 aromatic rings. The summed E-state index contributed by atoms with van der Waals surface area (Å²) >= 11 is 0. The molecule has 0 fully saturated rings. The number of amides is 3. The summed E-state index contributed by atoms with van der Waals surface area (Å²) in [7, 11) is 0. The molecule has 9 nitrogen and oxygen atoms in total. The minimum absolute atomic E-state index is 0.234. The van der Waals surface area contributed by atoms with Gasteiger partial charge in [0.25, 0.3) is 0 Å². The average molecular weight is 303 g/mol. The first-order chi connectivity index (χ1) is 9.81. The van der Waals surface area contributed by atoms with Crippen molar-refractivity contribution in [1.82, 2.24) is 15.5 Å². The summed E-state index contributed by atoms with van der Waals surface area (Å²) in [6.45, 7) is 4.37. The Hall–Kier alpha value is -2.32. The highest BCUT2D eigenvalue weighted by atomic mass is 16.4. The van der Waals surface area contributed by atoms with Crippen molar-refractivity contribution in [2.75, 3.05) is 19.6 Å². The Morgan fingerprint density at radius 1 is 1.10 bits per heavy atom. The maximum atomic E-state index is 11.6. The van der Waals surface area contributed by atoms with Gasteiger partial charge in [0.05, 0.1) is 6.54 Å². The first kappa shape index (κ1) is 18.7. The smallest absolute Gasteiger partial charge is 0.326 e. The van der Waals surface area contributed by atoms with Crippen molar-refractivity contribution >= 4 is 23.9 Å². The van der Waals surface area contributed by atoms with Crippen LogP contribution in [0.3, 0.4) is 0 Å². The van der Waals surface area contributed by atoms with Crippen LogP contribution in [0.25, 0.3) is 0 Å². The Morgan fingerprint density at radius 2 is 1.67 bits per heavy atom. The van der Waals surface area contributed by atoms with Gasteiger partial charge < -0.3 is 25.7 Å². The zero-order valence-electron chi connectivity index (χ0n) is 12.1. The van der Waals surface area contributed by atoms with Gasteiger partial charge in [0, 0.05) is 19.5 Å². The van der Waals surface area contributed by atoms with Gasteiger partial charge in [-0.15, -0.1) is 0 Å². The summed E-state index contributed by atoms with van der Waals surface area (Å²) in [4.78, 5) is 45.9. The molecule has 120 valence electrons. The van der Waals surface area contributed by atoms with Crippen molar-refractivity contribution in [1.29, 1.82) is 0 Å². The SMILES string of the molecule is CCN(CC)C(=O)CNC(=O)N[C@@H](CCC(=O)O)C(=O)O. The van der Waals surface area contributed by atoms with Crippen LogP contribution in [0, 0.1) is 0 Å². The van der Waals surface area contributed by atoms with E-state index in [1.807, 2.05) is 0 Å². The lowest BCUT2D eigenvalue weighted by Crippen LogP contribution is -2.49. The van der Waals surface area contributed by atoms with E-state index >= 15 is 0 Å². The Morgan fingerprint density at radius 3 is 2.10 bits per heavy atom. The molecule has 3 amide bonds. The number of urea groups is 1. The van der Waals surface area contributed by atoms with E-state index in [0.717, 1.165) is 0 Å². The quantitative estimate of drug-likeness (QED) is 0.452. The molecule has 0 aliphatic heterocycles. The number of carbonyl (C=O) groups excluding carboxylic acids is 2. The molecule has 0 saturated heterocycles. The Kier molecular flexibility index (Phi) is 8.51. The number of carboxylic acid groups (broad SMARTS) is 2. The van der Waals surface area contributed by atoms with Crippen LogP contribution in [0.5, 0.6) is 0 Å². The van der Waals surface area contributed by atoms with Gasteiger partial charge in [0.15, 0.2) is 0 Å². The van der Waals surface area contributed by atoms with Crippen LogP contribution in [0.2, 0.25) is 0 Å². The second-order valence-corrected chi connectivity index (χ2v) is 4.22. The number of carbonyl (C=O) groups is 4. The Balaban J connectivity index is 4.29. The molecule has 0 bridgehead atoms. The van der Waals surface area contributed by atoms with Gasteiger partial charge in [-0.05, 0) is 20.3 Å². The van der Waals surface area contributed by atoms with Crippen LogP contribution < -0.4 is 10.6 Å². The van der Waals surface area contributed by atoms with E-state index in [2.05, 4.69) is 10.6 Å². The third-order valence-electron chi connectivity index (χ3n) is 2.77. The highest BCUT2D eigenvalue weighted by Gasteiger charge is 2.21. The first-order valence-electron chi connectivity index (χ1n) is 6.58. The minimum Gasteiger partial charge on any atom is -0.481 e. The summed E-state index contributed by atoms with van der Waals surface area (Å²) in [5.74, 6) is -2.77. The van der Waals surface area contributed by atoms with Crippen molar-refractivity contribution in [2.24, 2.45) is 0 Å². The molecular weight excluding hydrogens is 282 g/mol. The molecule has 0 spiro atoms. The Labute approximate surface area is 122 Å². The van der Waals surface area contributed by atoms with Crippen molar-refractivity contribution in [3.8, 4) is 0 Å². The summed E-state index contributed by atoms with van der Waals surface area (Å²) in [6.07, 6.45) is -0.613. The van der Waals surface area contributed by atoms with Crippen LogP contribution in [-0.2, 0) is 14.4 Å². The number of nitrogens with zero attached hydrogens (tertiary/aromatic N) is 1. The molecule has 0 aliphatic carbocycles. The number of carboxylic acids is 2. The van der Waals surface area contributed by atoms with Crippen LogP contribution in [-0.4, -0.2) is 64.7 Å². The number of likely N-dealkylation sites (N-methyl/N-ethyl adjacent to an activating group) is 1. The molecule has 0 unspecified atom stereocenters. The third-order valence-corrected chi connectivity index (χ3v) is 2.77. The number of hydrogen-bond acceptors (Lipinski definition) is 4. The van der Waals surface area contributed by atoms with E-state index in [1.54, 1.807) is 13.8 Å². The molecule has 21 heavy (non-hydrogen) atoms. The van der Waals surface area contributed by atoms with Crippen molar-refractivity contribution < 1.29 is 29.4 Å². The lowest BCUT2D eigenvalue weighted by Gasteiger charge is -2.19. The summed E-state index contributed by atoms with van der Waals surface area (Å²) < 4.78 is 0. The molecule has 4 N–H and O–H groups in total. The molecule has 0 radical (unpaired) electrons. The van der Waals surface area contributed by atoms with Crippen molar-refractivity contribution in [3.05, 3.63) is 0 Å². The van der Waals surface area contributed by atoms with E-state index in [4.69, 9.17) is 10.2 Å². The highest BCUT2D eigenvalue weighted by molar-refractivity contribution is 5.86. The summed E-state index contributed by atoms with van der Waals surface area (Å²) in [5, 5.41) is 21.7. The number of rotatable bonds is 9. The highest BCUT2D eigenvalue weighted by Crippen LogP contribution is 1.98. The number of hydrogen-bond donors (Lipinski definition) is 4. The van der Waals surface area contributed by atoms with E-state index < -0.39 is 24.0 Å². The molecule has 0 aromatic carbocycles.